The Morgan fingerprint density at radius 2 is 3.00 bits per heavy atom. The van der Waals surface area contributed by atoms with Gasteiger partial charge >= 0.3 is 30.6 Å². The van der Waals surface area contributed by atoms with Gasteiger partial charge in [-0.05, 0) is 0 Å². The third-order valence-electron chi connectivity index (χ3n) is 0.480. The van der Waals surface area contributed by atoms with Crippen molar-refractivity contribution in [1.82, 2.24) is 0 Å². The van der Waals surface area contributed by atoms with E-state index in [-0.39, 0.29) is 0 Å². The van der Waals surface area contributed by atoms with Gasteiger partial charge in [0.15, 0.2) is 0 Å². The van der Waals surface area contributed by atoms with Crippen LogP contribution in [0.15, 0.2) is 11.0 Å². The fourth-order valence-electron chi connectivity index (χ4n) is 0.264. The summed E-state index contributed by atoms with van der Waals surface area (Å²) in [5, 5.41) is 0. The monoisotopic (exact) mass is 64.0 g/mol. The van der Waals surface area contributed by atoms with Crippen molar-refractivity contribution in [1.29, 1.82) is 0 Å². The van der Waals surface area contributed by atoms with E-state index in [1.807, 2.05) is 6.08 Å². The summed E-state index contributed by atoms with van der Waals surface area (Å²) in [7, 11) is 1.68. The predicted molar refractivity (Wildman–Crippen MR) is 20.9 cm³/mol. The fourth-order valence-corrected chi connectivity index (χ4v) is 0.264. The number of rotatable bonds is 0. The van der Waals surface area contributed by atoms with Gasteiger partial charge in [0, 0.05) is 0 Å². The van der Waals surface area contributed by atoms with Gasteiger partial charge in [0.05, 0.1) is 0 Å². The Bertz CT molecular complexity index is 65.0. The van der Waals surface area contributed by atoms with Gasteiger partial charge in [-0.15, -0.1) is 0 Å². The molecule has 0 amide bonds. The van der Waals surface area contributed by atoms with Crippen LogP contribution in [-0.2, 0) is 0 Å². The van der Waals surface area contributed by atoms with Crippen LogP contribution < -0.4 is 0 Å². The van der Waals surface area contributed by atoms with E-state index >= 15 is 0 Å². The van der Waals surface area contributed by atoms with Crippen LogP contribution in [0.4, 0.5) is 0 Å². The molecule has 0 aromatic heterocycles. The van der Waals surface area contributed by atoms with E-state index in [1.54, 1.807) is 7.07 Å². The van der Waals surface area contributed by atoms with Crippen LogP contribution in [0.3, 0.4) is 0 Å². The van der Waals surface area contributed by atoms with Gasteiger partial charge in [-0.2, -0.15) is 0 Å². The van der Waals surface area contributed by atoms with Gasteiger partial charge in [-0.3, -0.25) is 0 Å². The molecule has 0 aliphatic carbocycles. The molecule has 0 aromatic carbocycles. The molecule has 1 rings (SSSR count). The second-order valence-electron chi connectivity index (χ2n) is 0.865. The minimum absolute atomic E-state index is 0.833. The summed E-state index contributed by atoms with van der Waals surface area (Å²) >= 11 is 0. The average Bonchev–Trinajstić information content (AvgIpc) is 1.76. The molecule has 1 aliphatic heterocycles. The molecule has 0 saturated carbocycles. The molecule has 5 heavy (non-hydrogen) atoms. The summed E-state index contributed by atoms with van der Waals surface area (Å²) in [6.45, 7) is 0.833. The number of hydrogen-bond acceptors (Lipinski definition) is 1. The van der Waals surface area contributed by atoms with Gasteiger partial charge in [0.25, 0.3) is 0 Å². The van der Waals surface area contributed by atoms with Crippen LogP contribution in [0, 0.1) is 5.98 Å². The molecule has 1 heterocycles. The van der Waals surface area contributed by atoms with E-state index in [1.165, 1.54) is 0 Å². The fraction of sp³-hybridized carbons (Fsp3) is 0.333. The first-order valence-electron chi connectivity index (χ1n) is 1.56. The van der Waals surface area contributed by atoms with Crippen molar-refractivity contribution in [3.8, 4) is 0 Å². The molecule has 0 aromatic rings. The van der Waals surface area contributed by atoms with Crippen LogP contribution in [0.1, 0.15) is 0 Å². The standard InChI is InChI=1S/C3H3BN/c1-2-4-5-3-1/h1H,3H2. The second kappa shape index (κ2) is 1.15. The molecular formula is C3H3BN. The normalized spacial score (nSPS) is 16.0. The minimum atomic E-state index is 0.833. The van der Waals surface area contributed by atoms with Crippen molar-refractivity contribution in [2.45, 2.75) is 0 Å². The zero-order valence-electron chi connectivity index (χ0n) is 2.81. The third-order valence-corrected chi connectivity index (χ3v) is 0.480. The maximum atomic E-state index is 3.79. The number of nitrogens with zero attached hydrogens (tertiary/aromatic N) is 1. The van der Waals surface area contributed by atoms with Crippen LogP contribution in [0.2, 0.25) is 0 Å². The predicted octanol–water partition coefficient (Wildman–Crippen LogP) is 0.205. The molecule has 0 fully saturated rings. The maximum absolute atomic E-state index is 3.79. The van der Waals surface area contributed by atoms with Crippen LogP contribution in [0.25, 0.3) is 0 Å². The van der Waals surface area contributed by atoms with E-state index in [2.05, 4.69) is 10.9 Å². The van der Waals surface area contributed by atoms with E-state index in [0.717, 1.165) is 6.54 Å². The Morgan fingerprint density at radius 1 is 2.00 bits per heavy atom. The summed E-state index contributed by atoms with van der Waals surface area (Å²) in [5.41, 5.74) is 0. The van der Waals surface area contributed by atoms with Crippen molar-refractivity contribution in [2.75, 3.05) is 6.54 Å². The molecule has 2 heteroatoms. The number of hydrogen-bond donors (Lipinski definition) is 0. The molecule has 0 bridgehead atoms. The summed E-state index contributed by atoms with van der Waals surface area (Å²) in [6.07, 6.45) is 1.89. The van der Waals surface area contributed by atoms with Gasteiger partial charge in [-0.25, -0.2) is 0 Å². The molecule has 0 unspecified atom stereocenters. The Balaban J connectivity index is 2.61. The average molecular weight is 63.9 g/mol. The SMILES string of the molecule is B1=NCC=[C]1. The molecule has 0 N–H and O–H groups in total. The van der Waals surface area contributed by atoms with Crippen molar-refractivity contribution in [3.05, 3.63) is 12.1 Å². The molecule has 0 atom stereocenters. The Kier molecular flexibility index (Phi) is 0.651. The van der Waals surface area contributed by atoms with E-state index in [9.17, 15) is 0 Å². The van der Waals surface area contributed by atoms with Gasteiger partial charge in [0.1, 0.15) is 0 Å². The topological polar surface area (TPSA) is 12.4 Å². The summed E-state index contributed by atoms with van der Waals surface area (Å²) in [5.74, 6) is 2.81. The molecule has 1 radical (unpaired) electrons. The van der Waals surface area contributed by atoms with E-state index in [4.69, 9.17) is 0 Å². The zero-order valence-corrected chi connectivity index (χ0v) is 2.81. The molecule has 0 saturated heterocycles. The Hall–Kier alpha value is -0.395. The first-order chi connectivity index (χ1) is 2.50. The summed E-state index contributed by atoms with van der Waals surface area (Å²) < 4.78 is 0. The van der Waals surface area contributed by atoms with Crippen molar-refractivity contribution in [2.24, 2.45) is 4.90 Å². The van der Waals surface area contributed by atoms with Crippen LogP contribution >= 0.6 is 0 Å². The van der Waals surface area contributed by atoms with E-state index in [0.29, 0.717) is 0 Å². The molecular weight excluding hydrogens is 60.9 g/mol. The second-order valence-corrected chi connectivity index (χ2v) is 0.865. The van der Waals surface area contributed by atoms with Crippen molar-refractivity contribution >= 4 is 7.07 Å². The Morgan fingerprint density at radius 3 is 3.20 bits per heavy atom. The first kappa shape index (κ1) is 2.82. The quantitative estimate of drug-likeness (QED) is 0.357. The third kappa shape index (κ3) is 0.438. The van der Waals surface area contributed by atoms with Gasteiger partial charge in [-0.1, -0.05) is 0 Å². The molecule has 1 aliphatic rings. The Labute approximate surface area is 31.7 Å². The van der Waals surface area contributed by atoms with Crippen molar-refractivity contribution in [3.63, 3.8) is 0 Å². The molecule has 23 valence electrons. The molecule has 1 nitrogen and oxygen atoms in total. The van der Waals surface area contributed by atoms with Gasteiger partial charge < -0.3 is 0 Å². The van der Waals surface area contributed by atoms with Gasteiger partial charge in [0.2, 0.25) is 0 Å². The van der Waals surface area contributed by atoms with Crippen LogP contribution in [0.5, 0.6) is 0 Å². The van der Waals surface area contributed by atoms with Crippen LogP contribution in [-0.4, -0.2) is 13.6 Å². The van der Waals surface area contributed by atoms with E-state index < -0.39 is 0 Å². The molecule has 0 spiro atoms. The summed E-state index contributed by atoms with van der Waals surface area (Å²) in [6, 6.07) is 0. The zero-order chi connectivity index (χ0) is 3.54. The summed E-state index contributed by atoms with van der Waals surface area (Å²) in [4.78, 5) is 3.79. The van der Waals surface area contributed by atoms with Crippen molar-refractivity contribution < 1.29 is 0 Å². The first-order valence-corrected chi connectivity index (χ1v) is 1.56.